The highest BCUT2D eigenvalue weighted by molar-refractivity contribution is 5.48. The molecule has 0 heterocycles. The number of rotatable bonds is 11. The lowest BCUT2D eigenvalue weighted by Gasteiger charge is -2.17. The lowest BCUT2D eigenvalue weighted by atomic mass is 10.1. The van der Waals surface area contributed by atoms with Gasteiger partial charge in [-0.25, -0.2) is 0 Å². The SMILES string of the molecule is C=Cc1ccc(CNCC(CC)CNCc2cccc(C=C)c2)cc1. The topological polar surface area (TPSA) is 24.1 Å². The van der Waals surface area contributed by atoms with Crippen molar-refractivity contribution in [3.8, 4) is 0 Å². The van der Waals surface area contributed by atoms with E-state index in [1.54, 1.807) is 0 Å². The molecule has 0 radical (unpaired) electrons. The first-order valence-electron chi connectivity index (χ1n) is 9.09. The van der Waals surface area contributed by atoms with Crippen LogP contribution >= 0.6 is 0 Å². The summed E-state index contributed by atoms with van der Waals surface area (Å²) in [6.07, 6.45) is 4.94. The lowest BCUT2D eigenvalue weighted by Crippen LogP contribution is -2.30. The second kappa shape index (κ2) is 10.7. The molecule has 0 aliphatic rings. The van der Waals surface area contributed by atoms with E-state index in [2.05, 4.69) is 79.2 Å². The van der Waals surface area contributed by atoms with Crippen molar-refractivity contribution in [1.82, 2.24) is 10.6 Å². The van der Waals surface area contributed by atoms with Gasteiger partial charge in [-0.2, -0.15) is 0 Å². The minimum Gasteiger partial charge on any atom is -0.312 e. The molecule has 0 fully saturated rings. The Morgan fingerprint density at radius 1 is 0.840 bits per heavy atom. The summed E-state index contributed by atoms with van der Waals surface area (Å²) in [5.74, 6) is 0.634. The molecule has 2 aromatic carbocycles. The van der Waals surface area contributed by atoms with Crippen LogP contribution in [0, 0.1) is 5.92 Å². The van der Waals surface area contributed by atoms with Crippen LogP contribution in [-0.2, 0) is 13.1 Å². The lowest BCUT2D eigenvalue weighted by molar-refractivity contribution is 0.429. The van der Waals surface area contributed by atoms with E-state index in [-0.39, 0.29) is 0 Å². The van der Waals surface area contributed by atoms with Crippen LogP contribution in [0.1, 0.15) is 35.6 Å². The van der Waals surface area contributed by atoms with Gasteiger partial charge in [0.25, 0.3) is 0 Å². The van der Waals surface area contributed by atoms with Crippen LogP contribution in [-0.4, -0.2) is 13.1 Å². The molecule has 0 aliphatic heterocycles. The first-order valence-corrected chi connectivity index (χ1v) is 9.09. The maximum absolute atomic E-state index is 3.83. The molecular formula is C23H30N2. The number of nitrogens with one attached hydrogen (secondary N) is 2. The summed E-state index contributed by atoms with van der Waals surface area (Å²) in [5, 5.41) is 7.16. The van der Waals surface area contributed by atoms with Gasteiger partial charge in [0.1, 0.15) is 0 Å². The molecule has 2 nitrogen and oxygen atoms in total. The highest BCUT2D eigenvalue weighted by Gasteiger charge is 2.06. The second-order valence-electron chi connectivity index (χ2n) is 6.43. The Morgan fingerprint density at radius 2 is 1.48 bits per heavy atom. The van der Waals surface area contributed by atoms with E-state index in [4.69, 9.17) is 0 Å². The van der Waals surface area contributed by atoms with Crippen molar-refractivity contribution in [2.75, 3.05) is 13.1 Å². The van der Waals surface area contributed by atoms with Gasteiger partial charge in [-0.05, 0) is 41.3 Å². The Balaban J connectivity index is 1.70. The van der Waals surface area contributed by atoms with Crippen molar-refractivity contribution in [2.24, 2.45) is 5.92 Å². The van der Waals surface area contributed by atoms with Gasteiger partial charge in [0, 0.05) is 13.1 Å². The van der Waals surface area contributed by atoms with Crippen molar-refractivity contribution in [3.05, 3.63) is 83.9 Å². The van der Waals surface area contributed by atoms with E-state index in [9.17, 15) is 0 Å². The monoisotopic (exact) mass is 334 g/mol. The van der Waals surface area contributed by atoms with Crippen LogP contribution < -0.4 is 10.6 Å². The summed E-state index contributed by atoms with van der Waals surface area (Å²) in [7, 11) is 0. The Kier molecular flexibility index (Phi) is 8.17. The largest absolute Gasteiger partial charge is 0.312 e. The van der Waals surface area contributed by atoms with Gasteiger partial charge in [0.05, 0.1) is 0 Å². The molecule has 2 heteroatoms. The van der Waals surface area contributed by atoms with Crippen LogP contribution in [0.4, 0.5) is 0 Å². The molecule has 25 heavy (non-hydrogen) atoms. The minimum atomic E-state index is 0.634. The van der Waals surface area contributed by atoms with Gasteiger partial charge < -0.3 is 10.6 Å². The van der Waals surface area contributed by atoms with Gasteiger partial charge in [0.15, 0.2) is 0 Å². The minimum absolute atomic E-state index is 0.634. The first-order chi connectivity index (χ1) is 12.2. The van der Waals surface area contributed by atoms with Crippen LogP contribution in [0.25, 0.3) is 12.2 Å². The third-order valence-electron chi connectivity index (χ3n) is 4.50. The predicted octanol–water partition coefficient (Wildman–Crippen LogP) is 4.88. The Hall–Kier alpha value is -2.16. The van der Waals surface area contributed by atoms with Gasteiger partial charge >= 0.3 is 0 Å². The van der Waals surface area contributed by atoms with E-state index in [0.717, 1.165) is 26.2 Å². The van der Waals surface area contributed by atoms with Crippen LogP contribution in [0.5, 0.6) is 0 Å². The van der Waals surface area contributed by atoms with Gasteiger partial charge in [-0.1, -0.05) is 87.2 Å². The fraction of sp³-hybridized carbons (Fsp3) is 0.304. The molecule has 0 saturated carbocycles. The Labute approximate surface area is 152 Å². The zero-order valence-electron chi connectivity index (χ0n) is 15.3. The van der Waals surface area contributed by atoms with Crippen LogP contribution in [0.15, 0.2) is 61.7 Å². The summed E-state index contributed by atoms with van der Waals surface area (Å²) in [4.78, 5) is 0. The quantitative estimate of drug-likeness (QED) is 0.612. The molecule has 0 saturated heterocycles. The number of hydrogen-bond acceptors (Lipinski definition) is 2. The molecule has 0 aliphatic carbocycles. The standard InChI is InChI=1S/C23H30N2/c1-4-19-10-12-22(13-11-19)17-24-15-21(6-3)16-25-18-23-9-7-8-20(5-2)14-23/h4-5,7-14,21,24-25H,1-2,6,15-18H2,3H3. The molecule has 132 valence electrons. The normalized spacial score (nSPS) is 11.9. The third-order valence-corrected chi connectivity index (χ3v) is 4.50. The fourth-order valence-electron chi connectivity index (χ4n) is 2.80. The zero-order valence-corrected chi connectivity index (χ0v) is 15.3. The van der Waals surface area contributed by atoms with Gasteiger partial charge in [-0.3, -0.25) is 0 Å². The number of hydrogen-bond donors (Lipinski definition) is 2. The molecule has 0 bridgehead atoms. The molecule has 2 rings (SSSR count). The average molecular weight is 335 g/mol. The number of benzene rings is 2. The van der Waals surface area contributed by atoms with Crippen molar-refractivity contribution in [1.29, 1.82) is 0 Å². The predicted molar refractivity (Wildman–Crippen MR) is 110 cm³/mol. The van der Waals surface area contributed by atoms with Crippen molar-refractivity contribution in [2.45, 2.75) is 26.4 Å². The second-order valence-corrected chi connectivity index (χ2v) is 6.43. The maximum atomic E-state index is 3.83. The van der Waals surface area contributed by atoms with Gasteiger partial charge in [-0.15, -0.1) is 0 Å². The van der Waals surface area contributed by atoms with E-state index in [1.807, 2.05) is 12.2 Å². The zero-order chi connectivity index (χ0) is 17.9. The smallest absolute Gasteiger partial charge is 0.0205 e. The highest BCUT2D eigenvalue weighted by Crippen LogP contribution is 2.08. The van der Waals surface area contributed by atoms with E-state index in [0.29, 0.717) is 5.92 Å². The Morgan fingerprint density at radius 3 is 2.08 bits per heavy atom. The van der Waals surface area contributed by atoms with E-state index < -0.39 is 0 Å². The highest BCUT2D eigenvalue weighted by atomic mass is 14.9. The van der Waals surface area contributed by atoms with E-state index >= 15 is 0 Å². The first kappa shape index (κ1) is 19.2. The van der Waals surface area contributed by atoms with Crippen molar-refractivity contribution < 1.29 is 0 Å². The van der Waals surface area contributed by atoms with Crippen molar-refractivity contribution in [3.63, 3.8) is 0 Å². The van der Waals surface area contributed by atoms with Crippen LogP contribution in [0.3, 0.4) is 0 Å². The third kappa shape index (κ3) is 6.69. The molecule has 0 amide bonds. The molecule has 2 N–H and O–H groups in total. The molecular weight excluding hydrogens is 304 g/mol. The molecule has 0 spiro atoms. The Bertz CT molecular complexity index is 658. The summed E-state index contributed by atoms with van der Waals surface area (Å²) in [5.41, 5.74) is 4.97. The molecule has 1 atom stereocenters. The average Bonchev–Trinajstić information content (AvgIpc) is 2.67. The summed E-state index contributed by atoms with van der Waals surface area (Å²) in [6.45, 7) is 13.7. The summed E-state index contributed by atoms with van der Waals surface area (Å²) < 4.78 is 0. The van der Waals surface area contributed by atoms with Crippen molar-refractivity contribution >= 4 is 12.2 Å². The molecule has 0 aromatic heterocycles. The summed E-state index contributed by atoms with van der Waals surface area (Å²) in [6, 6.07) is 17.1. The van der Waals surface area contributed by atoms with Crippen LogP contribution in [0.2, 0.25) is 0 Å². The fourth-order valence-corrected chi connectivity index (χ4v) is 2.80. The maximum Gasteiger partial charge on any atom is 0.0205 e. The van der Waals surface area contributed by atoms with Gasteiger partial charge in [0.2, 0.25) is 0 Å². The summed E-state index contributed by atoms with van der Waals surface area (Å²) >= 11 is 0. The van der Waals surface area contributed by atoms with E-state index in [1.165, 1.54) is 28.7 Å². The molecule has 1 unspecified atom stereocenters. The molecule has 2 aromatic rings.